The minimum atomic E-state index is -4.39. The number of halogens is 5. The summed E-state index contributed by atoms with van der Waals surface area (Å²) in [6.45, 7) is 1.53. The fourth-order valence-corrected chi connectivity index (χ4v) is 4.55. The second-order valence-corrected chi connectivity index (χ2v) is 8.90. The molecule has 0 radical (unpaired) electrons. The van der Waals surface area contributed by atoms with Crippen LogP contribution in [-0.2, 0) is 25.7 Å². The summed E-state index contributed by atoms with van der Waals surface area (Å²) in [5.41, 5.74) is 2.13. The molecule has 174 valence electrons. The van der Waals surface area contributed by atoms with Crippen molar-refractivity contribution >= 4 is 34.2 Å². The first-order valence-corrected chi connectivity index (χ1v) is 11.1. The van der Waals surface area contributed by atoms with Crippen LogP contribution in [0.25, 0.3) is 22.4 Å². The molecule has 0 aliphatic carbocycles. The van der Waals surface area contributed by atoms with Crippen molar-refractivity contribution in [1.29, 1.82) is 0 Å². The molecule has 2 aromatic heterocycles. The highest BCUT2D eigenvalue weighted by atomic mass is 35.5. The van der Waals surface area contributed by atoms with Gasteiger partial charge in [0.15, 0.2) is 16.8 Å². The maximum atomic E-state index is 12.9. The van der Waals surface area contributed by atoms with Crippen molar-refractivity contribution in [3.05, 3.63) is 91.5 Å². The molecule has 0 unspecified atom stereocenters. The molecule has 0 saturated heterocycles. The average molecular weight is 506 g/mol. The van der Waals surface area contributed by atoms with Crippen molar-refractivity contribution in [3.63, 3.8) is 0 Å². The number of fused-ring (bicyclic) bond motifs is 2. The topological polar surface area (TPSA) is 59.2 Å². The Morgan fingerprint density at radius 3 is 2.62 bits per heavy atom. The molecule has 0 bridgehead atoms. The van der Waals surface area contributed by atoms with Gasteiger partial charge in [-0.1, -0.05) is 35.3 Å². The third-order valence-electron chi connectivity index (χ3n) is 5.74. The van der Waals surface area contributed by atoms with E-state index >= 15 is 0 Å². The van der Waals surface area contributed by atoms with Crippen molar-refractivity contribution in [1.82, 2.24) is 14.9 Å². The van der Waals surface area contributed by atoms with E-state index in [9.17, 15) is 18.0 Å². The van der Waals surface area contributed by atoms with Crippen LogP contribution in [0.1, 0.15) is 22.4 Å². The van der Waals surface area contributed by atoms with E-state index in [1.807, 2.05) is 0 Å². The molecule has 0 saturated carbocycles. The van der Waals surface area contributed by atoms with Crippen LogP contribution in [0.2, 0.25) is 10.0 Å². The maximum absolute atomic E-state index is 12.9. The summed E-state index contributed by atoms with van der Waals surface area (Å²) in [6, 6.07) is 7.86. The number of rotatable bonds is 3. The average Bonchev–Trinajstić information content (AvgIpc) is 2.80. The Morgan fingerprint density at radius 2 is 1.88 bits per heavy atom. The van der Waals surface area contributed by atoms with Gasteiger partial charge in [-0.25, -0.2) is 9.97 Å². The lowest BCUT2D eigenvalue weighted by atomic mass is 10.1. The Balaban J connectivity index is 1.35. The zero-order valence-corrected chi connectivity index (χ0v) is 19.0. The van der Waals surface area contributed by atoms with E-state index in [0.717, 1.165) is 23.4 Å². The first-order chi connectivity index (χ1) is 16.2. The minimum Gasteiger partial charge on any atom is -0.462 e. The van der Waals surface area contributed by atoms with E-state index in [1.54, 1.807) is 12.3 Å². The summed E-state index contributed by atoms with van der Waals surface area (Å²) < 4.78 is 44.0. The van der Waals surface area contributed by atoms with E-state index in [-0.39, 0.29) is 10.5 Å². The summed E-state index contributed by atoms with van der Waals surface area (Å²) in [7, 11) is 0. The lowest BCUT2D eigenvalue weighted by Gasteiger charge is -2.27. The molecule has 0 amide bonds. The molecular formula is C24H16Cl2F3N3O2. The third-order valence-corrected chi connectivity index (χ3v) is 6.24. The van der Waals surface area contributed by atoms with Crippen LogP contribution in [0.3, 0.4) is 0 Å². The number of hydrogen-bond donors (Lipinski definition) is 0. The molecule has 2 aromatic carbocycles. The van der Waals surface area contributed by atoms with Gasteiger partial charge in [0, 0.05) is 54.0 Å². The molecule has 4 aromatic rings. The lowest BCUT2D eigenvalue weighted by Crippen LogP contribution is -2.32. The van der Waals surface area contributed by atoms with Gasteiger partial charge in [-0.05, 0) is 24.3 Å². The number of benzene rings is 2. The zero-order valence-electron chi connectivity index (χ0n) is 17.5. The van der Waals surface area contributed by atoms with Gasteiger partial charge in [-0.3, -0.25) is 9.69 Å². The van der Waals surface area contributed by atoms with Crippen molar-refractivity contribution < 1.29 is 17.6 Å². The van der Waals surface area contributed by atoms with Crippen molar-refractivity contribution in [2.45, 2.75) is 25.7 Å². The molecular weight excluding hydrogens is 490 g/mol. The van der Waals surface area contributed by atoms with Crippen LogP contribution in [0, 0.1) is 0 Å². The highest BCUT2D eigenvalue weighted by molar-refractivity contribution is 6.38. The van der Waals surface area contributed by atoms with E-state index in [1.165, 1.54) is 24.5 Å². The lowest BCUT2D eigenvalue weighted by molar-refractivity contribution is -0.137. The SMILES string of the molecule is O=c1c(CN2CCc3nc(-c4ccc(C(F)(F)F)cc4)ncc3C2)coc2c(Cl)cc(Cl)cc12. The maximum Gasteiger partial charge on any atom is 0.416 e. The monoisotopic (exact) mass is 505 g/mol. The van der Waals surface area contributed by atoms with E-state index in [0.29, 0.717) is 59.0 Å². The molecule has 3 heterocycles. The van der Waals surface area contributed by atoms with E-state index < -0.39 is 11.7 Å². The Labute approximate surface area is 201 Å². The van der Waals surface area contributed by atoms with Crippen LogP contribution >= 0.6 is 23.2 Å². The van der Waals surface area contributed by atoms with Gasteiger partial charge in [0.2, 0.25) is 0 Å². The van der Waals surface area contributed by atoms with Gasteiger partial charge in [0.1, 0.15) is 0 Å². The first kappa shape index (κ1) is 22.8. The Hall–Kier alpha value is -2.94. The fraction of sp³-hybridized carbons (Fsp3) is 0.208. The van der Waals surface area contributed by atoms with Crippen LogP contribution in [0.15, 0.2) is 58.1 Å². The summed E-state index contributed by atoms with van der Waals surface area (Å²) in [5.74, 6) is 0.379. The van der Waals surface area contributed by atoms with Gasteiger partial charge < -0.3 is 4.42 Å². The molecule has 5 rings (SSSR count). The Kier molecular flexibility index (Phi) is 5.83. The van der Waals surface area contributed by atoms with Crippen molar-refractivity contribution in [3.8, 4) is 11.4 Å². The molecule has 10 heteroatoms. The smallest absolute Gasteiger partial charge is 0.416 e. The van der Waals surface area contributed by atoms with Gasteiger partial charge in [0.05, 0.1) is 27.9 Å². The van der Waals surface area contributed by atoms with Crippen molar-refractivity contribution in [2.75, 3.05) is 6.54 Å². The Morgan fingerprint density at radius 1 is 1.12 bits per heavy atom. The van der Waals surface area contributed by atoms with Gasteiger partial charge >= 0.3 is 6.18 Å². The van der Waals surface area contributed by atoms with E-state index in [4.69, 9.17) is 27.6 Å². The standard InChI is InChI=1S/C24H16Cl2F3N3O2/c25-17-7-18-21(33)15(12-34-22(18)19(26)8-17)11-32-6-5-20-14(10-32)9-30-23(31-20)13-1-3-16(4-2-13)24(27,28)29/h1-4,7-9,12H,5-6,10-11H2. The summed E-state index contributed by atoms with van der Waals surface area (Å²) in [6.07, 6.45) is -0.671. The number of nitrogens with zero attached hydrogens (tertiary/aromatic N) is 3. The largest absolute Gasteiger partial charge is 0.462 e. The normalized spacial score (nSPS) is 14.4. The zero-order chi connectivity index (χ0) is 24.0. The predicted molar refractivity (Wildman–Crippen MR) is 123 cm³/mol. The highest BCUT2D eigenvalue weighted by Gasteiger charge is 2.30. The van der Waals surface area contributed by atoms with Gasteiger partial charge in [0.25, 0.3) is 0 Å². The molecule has 1 aliphatic rings. The highest BCUT2D eigenvalue weighted by Crippen LogP contribution is 2.31. The molecule has 5 nitrogen and oxygen atoms in total. The van der Waals surface area contributed by atoms with Crippen LogP contribution in [0.5, 0.6) is 0 Å². The molecule has 0 spiro atoms. The Bertz CT molecular complexity index is 1450. The second-order valence-electron chi connectivity index (χ2n) is 8.06. The number of aromatic nitrogens is 2. The second kappa shape index (κ2) is 8.69. The van der Waals surface area contributed by atoms with Crippen LogP contribution < -0.4 is 5.43 Å². The predicted octanol–water partition coefficient (Wildman–Crippen LogP) is 6.13. The number of hydrogen-bond acceptors (Lipinski definition) is 5. The first-order valence-electron chi connectivity index (χ1n) is 10.3. The number of alkyl halides is 3. The summed E-state index contributed by atoms with van der Waals surface area (Å²) in [4.78, 5) is 23.9. The fourth-order valence-electron chi connectivity index (χ4n) is 4.01. The molecule has 0 fully saturated rings. The molecule has 0 atom stereocenters. The summed E-state index contributed by atoms with van der Waals surface area (Å²) >= 11 is 12.2. The molecule has 0 N–H and O–H groups in total. The van der Waals surface area contributed by atoms with E-state index in [2.05, 4.69) is 14.9 Å². The summed E-state index contributed by atoms with van der Waals surface area (Å²) in [5, 5.41) is 0.964. The molecule has 34 heavy (non-hydrogen) atoms. The quantitative estimate of drug-likeness (QED) is 0.335. The van der Waals surface area contributed by atoms with Crippen molar-refractivity contribution in [2.24, 2.45) is 0 Å². The third kappa shape index (κ3) is 4.41. The molecule has 1 aliphatic heterocycles. The van der Waals surface area contributed by atoms with Crippen LogP contribution in [0.4, 0.5) is 13.2 Å². The van der Waals surface area contributed by atoms with Gasteiger partial charge in [-0.15, -0.1) is 0 Å². The minimum absolute atomic E-state index is 0.189. The van der Waals surface area contributed by atoms with Crippen LogP contribution in [-0.4, -0.2) is 21.4 Å². The van der Waals surface area contributed by atoms with Gasteiger partial charge in [-0.2, -0.15) is 13.2 Å².